The summed E-state index contributed by atoms with van der Waals surface area (Å²) in [4.78, 5) is 0. The van der Waals surface area contributed by atoms with E-state index >= 15 is 0 Å². The number of nitrogens with one attached hydrogen (secondary N) is 1. The van der Waals surface area contributed by atoms with Crippen LogP contribution in [0, 0.1) is 0 Å². The molecule has 0 radical (unpaired) electrons. The number of ether oxygens (including phenoxy) is 1. The summed E-state index contributed by atoms with van der Waals surface area (Å²) in [6.07, 6.45) is 11.7. The average molecular weight is 238 g/mol. The first-order valence-electron chi connectivity index (χ1n) is 7.02. The number of rotatable bonds is 5. The molecular formula is C14H26N2O. The van der Waals surface area contributed by atoms with Crippen LogP contribution >= 0.6 is 0 Å². The molecule has 0 bridgehead atoms. The van der Waals surface area contributed by atoms with Crippen LogP contribution in [0.15, 0.2) is 12.2 Å². The SMILES string of the molecule is CCCC1CC(CN)(NC2CC=CC2)CCO1. The molecule has 2 unspecified atom stereocenters. The highest BCUT2D eigenvalue weighted by Gasteiger charge is 2.37. The average Bonchev–Trinajstić information content (AvgIpc) is 2.82. The Morgan fingerprint density at radius 3 is 2.82 bits per heavy atom. The van der Waals surface area contributed by atoms with E-state index in [9.17, 15) is 0 Å². The maximum absolute atomic E-state index is 6.04. The van der Waals surface area contributed by atoms with E-state index < -0.39 is 0 Å². The van der Waals surface area contributed by atoms with E-state index in [1.807, 2.05) is 0 Å². The van der Waals surface area contributed by atoms with Gasteiger partial charge in [-0.3, -0.25) is 0 Å². The van der Waals surface area contributed by atoms with Crippen molar-refractivity contribution in [1.29, 1.82) is 0 Å². The van der Waals surface area contributed by atoms with Crippen molar-refractivity contribution in [3.8, 4) is 0 Å². The van der Waals surface area contributed by atoms with Crippen LogP contribution in [0.2, 0.25) is 0 Å². The van der Waals surface area contributed by atoms with Crippen molar-refractivity contribution in [3.63, 3.8) is 0 Å². The molecule has 1 aliphatic heterocycles. The molecule has 0 saturated carbocycles. The van der Waals surface area contributed by atoms with Crippen molar-refractivity contribution in [2.24, 2.45) is 5.73 Å². The van der Waals surface area contributed by atoms with Crippen LogP contribution < -0.4 is 11.1 Å². The van der Waals surface area contributed by atoms with Gasteiger partial charge >= 0.3 is 0 Å². The van der Waals surface area contributed by atoms with Crippen LogP contribution in [-0.2, 0) is 4.74 Å². The predicted molar refractivity (Wildman–Crippen MR) is 71.0 cm³/mol. The zero-order valence-electron chi connectivity index (χ0n) is 11.0. The Kier molecular flexibility index (Phi) is 4.60. The molecule has 2 aliphatic rings. The predicted octanol–water partition coefficient (Wildman–Crippen LogP) is 1.97. The van der Waals surface area contributed by atoms with E-state index in [0.717, 1.165) is 45.3 Å². The van der Waals surface area contributed by atoms with Gasteiger partial charge < -0.3 is 15.8 Å². The molecule has 0 aromatic rings. The van der Waals surface area contributed by atoms with Gasteiger partial charge in [-0.25, -0.2) is 0 Å². The van der Waals surface area contributed by atoms with Crippen molar-refractivity contribution in [2.45, 2.75) is 63.1 Å². The smallest absolute Gasteiger partial charge is 0.0593 e. The van der Waals surface area contributed by atoms with E-state index in [2.05, 4.69) is 24.4 Å². The molecule has 0 aromatic heterocycles. The summed E-state index contributed by atoms with van der Waals surface area (Å²) in [5.74, 6) is 0. The lowest BCUT2D eigenvalue weighted by atomic mass is 9.84. The third-order valence-electron chi connectivity index (χ3n) is 4.07. The quantitative estimate of drug-likeness (QED) is 0.720. The van der Waals surface area contributed by atoms with Crippen LogP contribution in [0.4, 0.5) is 0 Å². The van der Waals surface area contributed by atoms with Gasteiger partial charge in [-0.05, 0) is 32.1 Å². The number of nitrogens with two attached hydrogens (primary N) is 1. The van der Waals surface area contributed by atoms with E-state index in [1.54, 1.807) is 0 Å². The number of hydrogen-bond donors (Lipinski definition) is 2. The van der Waals surface area contributed by atoms with Crippen LogP contribution in [0.3, 0.4) is 0 Å². The first kappa shape index (κ1) is 13.1. The Bertz CT molecular complexity index is 257. The Morgan fingerprint density at radius 1 is 1.41 bits per heavy atom. The molecule has 17 heavy (non-hydrogen) atoms. The monoisotopic (exact) mass is 238 g/mol. The molecule has 1 heterocycles. The molecule has 3 nitrogen and oxygen atoms in total. The van der Waals surface area contributed by atoms with Gasteiger partial charge in [0.1, 0.15) is 0 Å². The fourth-order valence-electron chi connectivity index (χ4n) is 3.07. The van der Waals surface area contributed by atoms with Crippen LogP contribution in [-0.4, -0.2) is 30.8 Å². The molecule has 2 rings (SSSR count). The van der Waals surface area contributed by atoms with Crippen LogP contribution in [0.25, 0.3) is 0 Å². The second-order valence-electron chi connectivity index (χ2n) is 5.50. The summed E-state index contributed by atoms with van der Waals surface area (Å²) in [6.45, 7) is 3.80. The molecule has 0 spiro atoms. The highest BCUT2D eigenvalue weighted by Crippen LogP contribution is 2.28. The van der Waals surface area contributed by atoms with Gasteiger partial charge in [0.15, 0.2) is 0 Å². The first-order chi connectivity index (χ1) is 8.28. The lowest BCUT2D eigenvalue weighted by Crippen LogP contribution is -2.59. The Morgan fingerprint density at radius 2 is 2.18 bits per heavy atom. The van der Waals surface area contributed by atoms with Gasteiger partial charge in [-0.2, -0.15) is 0 Å². The van der Waals surface area contributed by atoms with Gasteiger partial charge in [-0.15, -0.1) is 0 Å². The van der Waals surface area contributed by atoms with Crippen molar-refractivity contribution in [2.75, 3.05) is 13.2 Å². The molecule has 1 aliphatic carbocycles. The summed E-state index contributed by atoms with van der Waals surface area (Å²) in [5, 5.41) is 3.80. The molecule has 3 heteroatoms. The zero-order chi connectivity index (χ0) is 12.1. The van der Waals surface area contributed by atoms with Gasteiger partial charge in [0.05, 0.1) is 6.10 Å². The van der Waals surface area contributed by atoms with Crippen molar-refractivity contribution < 1.29 is 4.74 Å². The van der Waals surface area contributed by atoms with Crippen molar-refractivity contribution in [3.05, 3.63) is 12.2 Å². The van der Waals surface area contributed by atoms with E-state index in [0.29, 0.717) is 12.1 Å². The topological polar surface area (TPSA) is 47.3 Å². The van der Waals surface area contributed by atoms with Crippen molar-refractivity contribution in [1.82, 2.24) is 5.32 Å². The van der Waals surface area contributed by atoms with E-state index in [1.165, 1.54) is 6.42 Å². The molecule has 1 fully saturated rings. The highest BCUT2D eigenvalue weighted by molar-refractivity contribution is 5.03. The van der Waals surface area contributed by atoms with Crippen LogP contribution in [0.1, 0.15) is 45.4 Å². The lowest BCUT2D eigenvalue weighted by molar-refractivity contribution is -0.0332. The molecule has 0 aromatic carbocycles. The van der Waals surface area contributed by atoms with E-state index in [4.69, 9.17) is 10.5 Å². The summed E-state index contributed by atoms with van der Waals surface area (Å²) in [5.41, 5.74) is 6.16. The van der Waals surface area contributed by atoms with Gasteiger partial charge in [0.25, 0.3) is 0 Å². The molecule has 1 saturated heterocycles. The minimum atomic E-state index is 0.120. The van der Waals surface area contributed by atoms with Gasteiger partial charge in [0, 0.05) is 24.7 Å². The molecule has 0 amide bonds. The van der Waals surface area contributed by atoms with Gasteiger partial charge in [0.2, 0.25) is 0 Å². The molecule has 3 N–H and O–H groups in total. The Labute approximate surface area is 105 Å². The third kappa shape index (κ3) is 3.30. The fraction of sp³-hybridized carbons (Fsp3) is 0.857. The molecular weight excluding hydrogens is 212 g/mol. The van der Waals surface area contributed by atoms with Crippen molar-refractivity contribution >= 4 is 0 Å². The zero-order valence-corrected chi connectivity index (χ0v) is 11.0. The minimum Gasteiger partial charge on any atom is -0.378 e. The van der Waals surface area contributed by atoms with E-state index in [-0.39, 0.29) is 5.54 Å². The second kappa shape index (κ2) is 5.98. The second-order valence-corrected chi connectivity index (χ2v) is 5.50. The standard InChI is InChI=1S/C14H26N2O/c1-2-5-13-10-14(11-15,8-9-17-13)16-12-6-3-4-7-12/h3-4,12-13,16H,2,5-11,15H2,1H3. The van der Waals surface area contributed by atoms with Gasteiger partial charge in [-0.1, -0.05) is 25.5 Å². The summed E-state index contributed by atoms with van der Waals surface area (Å²) in [7, 11) is 0. The Balaban J connectivity index is 1.92. The summed E-state index contributed by atoms with van der Waals surface area (Å²) in [6, 6.07) is 0.596. The maximum Gasteiger partial charge on any atom is 0.0593 e. The Hall–Kier alpha value is -0.380. The highest BCUT2D eigenvalue weighted by atomic mass is 16.5. The number of hydrogen-bond acceptors (Lipinski definition) is 3. The summed E-state index contributed by atoms with van der Waals surface area (Å²) < 4.78 is 5.83. The molecule has 98 valence electrons. The minimum absolute atomic E-state index is 0.120. The first-order valence-corrected chi connectivity index (χ1v) is 7.02. The largest absolute Gasteiger partial charge is 0.378 e. The third-order valence-corrected chi connectivity index (χ3v) is 4.07. The summed E-state index contributed by atoms with van der Waals surface area (Å²) >= 11 is 0. The normalized spacial score (nSPS) is 34.4. The lowest BCUT2D eigenvalue weighted by Gasteiger charge is -2.43. The van der Waals surface area contributed by atoms with Crippen LogP contribution in [0.5, 0.6) is 0 Å². The molecule has 2 atom stereocenters. The fourth-order valence-corrected chi connectivity index (χ4v) is 3.07. The maximum atomic E-state index is 6.04.